The molecule has 86 valence electrons. The standard InChI is InChI=1S/C12H11N3S2/c1-8-13-5-10(17-8)6-14-9-2-3-11-12(4-9)16-7-15-11/h2-5,7,14H,6H2,1H3. The lowest BCUT2D eigenvalue weighted by molar-refractivity contribution is 1.17. The molecule has 0 saturated carbocycles. The summed E-state index contributed by atoms with van der Waals surface area (Å²) in [4.78, 5) is 9.76. The van der Waals surface area contributed by atoms with Crippen LogP contribution in [0.15, 0.2) is 29.9 Å². The Morgan fingerprint density at radius 1 is 1.29 bits per heavy atom. The maximum Gasteiger partial charge on any atom is 0.0897 e. The van der Waals surface area contributed by atoms with E-state index in [1.54, 1.807) is 22.7 Å². The molecule has 3 aromatic rings. The number of hydrogen-bond acceptors (Lipinski definition) is 5. The summed E-state index contributed by atoms with van der Waals surface area (Å²) in [5, 5.41) is 4.52. The molecule has 5 heteroatoms. The molecule has 0 unspecified atom stereocenters. The fourth-order valence-corrected chi connectivity index (χ4v) is 3.09. The second kappa shape index (κ2) is 4.43. The van der Waals surface area contributed by atoms with Crippen LogP contribution in [0, 0.1) is 6.92 Å². The van der Waals surface area contributed by atoms with Crippen molar-refractivity contribution < 1.29 is 0 Å². The van der Waals surface area contributed by atoms with Crippen molar-refractivity contribution in [3.63, 3.8) is 0 Å². The molecule has 0 fully saturated rings. The summed E-state index contributed by atoms with van der Waals surface area (Å²) in [6.07, 6.45) is 1.93. The first-order valence-corrected chi connectivity index (χ1v) is 6.99. The van der Waals surface area contributed by atoms with Gasteiger partial charge in [-0.15, -0.1) is 22.7 Å². The van der Waals surface area contributed by atoms with Gasteiger partial charge in [-0.3, -0.25) is 0 Å². The van der Waals surface area contributed by atoms with E-state index in [0.717, 1.165) is 22.8 Å². The van der Waals surface area contributed by atoms with Gasteiger partial charge in [0.05, 0.1) is 27.3 Å². The van der Waals surface area contributed by atoms with E-state index < -0.39 is 0 Å². The van der Waals surface area contributed by atoms with Crippen molar-refractivity contribution in [1.29, 1.82) is 0 Å². The number of nitrogens with zero attached hydrogens (tertiary/aromatic N) is 2. The summed E-state index contributed by atoms with van der Waals surface area (Å²) in [5.74, 6) is 0. The van der Waals surface area contributed by atoms with Crippen LogP contribution < -0.4 is 5.32 Å². The molecule has 0 atom stereocenters. The lowest BCUT2D eigenvalue weighted by Crippen LogP contribution is -1.96. The van der Waals surface area contributed by atoms with Crippen molar-refractivity contribution in [2.75, 3.05) is 5.32 Å². The van der Waals surface area contributed by atoms with E-state index in [-0.39, 0.29) is 0 Å². The topological polar surface area (TPSA) is 37.8 Å². The Hall–Kier alpha value is -1.46. The van der Waals surface area contributed by atoms with Gasteiger partial charge in [-0.25, -0.2) is 9.97 Å². The largest absolute Gasteiger partial charge is 0.380 e. The normalized spacial score (nSPS) is 10.9. The molecule has 0 bridgehead atoms. The third kappa shape index (κ3) is 2.30. The fraction of sp³-hybridized carbons (Fsp3) is 0.167. The average Bonchev–Trinajstić information content (AvgIpc) is 2.94. The number of aryl methyl sites for hydroxylation is 1. The Morgan fingerprint density at radius 2 is 2.24 bits per heavy atom. The van der Waals surface area contributed by atoms with Crippen LogP contribution in [0.4, 0.5) is 5.69 Å². The number of nitrogens with one attached hydrogen (secondary N) is 1. The van der Waals surface area contributed by atoms with Crippen molar-refractivity contribution in [2.45, 2.75) is 13.5 Å². The zero-order valence-electron chi connectivity index (χ0n) is 9.30. The minimum Gasteiger partial charge on any atom is -0.380 e. The first kappa shape index (κ1) is 10.7. The van der Waals surface area contributed by atoms with Crippen molar-refractivity contribution in [1.82, 2.24) is 9.97 Å². The highest BCUT2D eigenvalue weighted by molar-refractivity contribution is 7.16. The summed E-state index contributed by atoms with van der Waals surface area (Å²) in [5.41, 5.74) is 4.07. The summed E-state index contributed by atoms with van der Waals surface area (Å²) in [6, 6.07) is 6.25. The van der Waals surface area contributed by atoms with E-state index in [9.17, 15) is 0 Å². The number of thiazole rings is 2. The van der Waals surface area contributed by atoms with Gasteiger partial charge >= 0.3 is 0 Å². The van der Waals surface area contributed by atoms with Gasteiger partial charge < -0.3 is 5.32 Å². The van der Waals surface area contributed by atoms with E-state index >= 15 is 0 Å². The first-order valence-electron chi connectivity index (χ1n) is 5.30. The van der Waals surface area contributed by atoms with Gasteiger partial charge in [-0.05, 0) is 25.1 Å². The number of aromatic nitrogens is 2. The molecule has 2 aromatic heterocycles. The van der Waals surface area contributed by atoms with Gasteiger partial charge in [0.2, 0.25) is 0 Å². The van der Waals surface area contributed by atoms with Crippen molar-refractivity contribution in [2.24, 2.45) is 0 Å². The fourth-order valence-electron chi connectivity index (χ4n) is 1.64. The van der Waals surface area contributed by atoms with Gasteiger partial charge in [0.1, 0.15) is 0 Å². The van der Waals surface area contributed by atoms with Gasteiger partial charge in [0.25, 0.3) is 0 Å². The van der Waals surface area contributed by atoms with Crippen LogP contribution in [0.1, 0.15) is 9.88 Å². The second-order valence-electron chi connectivity index (χ2n) is 3.73. The maximum absolute atomic E-state index is 4.26. The highest BCUT2D eigenvalue weighted by atomic mass is 32.1. The van der Waals surface area contributed by atoms with E-state index in [1.165, 1.54) is 9.58 Å². The van der Waals surface area contributed by atoms with E-state index in [2.05, 4.69) is 27.4 Å². The third-order valence-electron chi connectivity index (χ3n) is 2.47. The molecular formula is C12H11N3S2. The molecule has 3 nitrogen and oxygen atoms in total. The highest BCUT2D eigenvalue weighted by Crippen LogP contribution is 2.22. The molecule has 0 saturated heterocycles. The second-order valence-corrected chi connectivity index (χ2v) is 5.94. The Balaban J connectivity index is 1.76. The van der Waals surface area contributed by atoms with Gasteiger partial charge in [-0.1, -0.05) is 0 Å². The molecule has 0 aliphatic rings. The third-order valence-corrected chi connectivity index (χ3v) is 4.17. The molecule has 1 aromatic carbocycles. The minimum atomic E-state index is 0.829. The monoisotopic (exact) mass is 261 g/mol. The Labute approximate surface area is 107 Å². The lowest BCUT2D eigenvalue weighted by Gasteiger charge is -2.03. The quantitative estimate of drug-likeness (QED) is 0.781. The van der Waals surface area contributed by atoms with Crippen LogP contribution in [0.2, 0.25) is 0 Å². The molecule has 0 amide bonds. The number of benzene rings is 1. The minimum absolute atomic E-state index is 0.829. The molecule has 1 N–H and O–H groups in total. The number of fused-ring (bicyclic) bond motifs is 1. The molecule has 0 aliphatic heterocycles. The highest BCUT2D eigenvalue weighted by Gasteiger charge is 2.00. The number of hydrogen-bond donors (Lipinski definition) is 1. The van der Waals surface area contributed by atoms with Crippen molar-refractivity contribution >= 4 is 38.6 Å². The maximum atomic E-state index is 4.26. The number of rotatable bonds is 3. The summed E-state index contributed by atoms with van der Waals surface area (Å²) in [6.45, 7) is 2.85. The molecule has 0 aliphatic carbocycles. The lowest BCUT2D eigenvalue weighted by atomic mass is 10.3. The smallest absolute Gasteiger partial charge is 0.0897 e. The summed E-state index contributed by atoms with van der Waals surface area (Å²) < 4.78 is 1.22. The molecule has 0 spiro atoms. The molecule has 17 heavy (non-hydrogen) atoms. The predicted molar refractivity (Wildman–Crippen MR) is 73.8 cm³/mol. The molecule has 0 radical (unpaired) electrons. The zero-order chi connectivity index (χ0) is 11.7. The van der Waals surface area contributed by atoms with Crippen molar-refractivity contribution in [3.05, 3.63) is 39.8 Å². The van der Waals surface area contributed by atoms with Gasteiger partial charge in [-0.2, -0.15) is 0 Å². The van der Waals surface area contributed by atoms with Crippen LogP contribution in [0.5, 0.6) is 0 Å². The van der Waals surface area contributed by atoms with Crippen LogP contribution in [0.25, 0.3) is 10.2 Å². The number of anilines is 1. The van der Waals surface area contributed by atoms with Crippen LogP contribution in [-0.2, 0) is 6.54 Å². The Morgan fingerprint density at radius 3 is 3.06 bits per heavy atom. The first-order chi connectivity index (χ1) is 8.31. The summed E-state index contributed by atoms with van der Waals surface area (Å²) in [7, 11) is 0. The van der Waals surface area contributed by atoms with Gasteiger partial charge in [0.15, 0.2) is 0 Å². The van der Waals surface area contributed by atoms with Gasteiger partial charge in [0, 0.05) is 16.8 Å². The van der Waals surface area contributed by atoms with Crippen molar-refractivity contribution in [3.8, 4) is 0 Å². The van der Waals surface area contributed by atoms with E-state index in [1.807, 2.05) is 24.7 Å². The van der Waals surface area contributed by atoms with E-state index in [0.29, 0.717) is 0 Å². The average molecular weight is 261 g/mol. The molecular weight excluding hydrogens is 250 g/mol. The zero-order valence-corrected chi connectivity index (χ0v) is 10.9. The van der Waals surface area contributed by atoms with Crippen LogP contribution in [-0.4, -0.2) is 9.97 Å². The SMILES string of the molecule is Cc1ncc(CNc2ccc3ncsc3c2)s1. The predicted octanol–water partition coefficient (Wildman–Crippen LogP) is 3.67. The molecule has 3 rings (SSSR count). The molecule has 2 heterocycles. The Kier molecular flexibility index (Phi) is 2.78. The Bertz CT molecular complexity index is 642. The van der Waals surface area contributed by atoms with E-state index in [4.69, 9.17) is 0 Å². The summed E-state index contributed by atoms with van der Waals surface area (Å²) >= 11 is 3.40. The van der Waals surface area contributed by atoms with Crippen LogP contribution in [0.3, 0.4) is 0 Å². The van der Waals surface area contributed by atoms with Crippen LogP contribution >= 0.6 is 22.7 Å².